The van der Waals surface area contributed by atoms with E-state index in [9.17, 15) is 14.4 Å². The molecule has 8 nitrogen and oxygen atoms in total. The lowest BCUT2D eigenvalue weighted by atomic mass is 9.83. The Labute approximate surface area is 225 Å². The van der Waals surface area contributed by atoms with E-state index in [2.05, 4.69) is 10.2 Å². The maximum atomic E-state index is 13.3. The second-order valence-electron chi connectivity index (χ2n) is 9.81. The maximum absolute atomic E-state index is 13.3. The molecule has 4 heterocycles. The largest absolute Gasteiger partial charge is 0.356 e. The predicted molar refractivity (Wildman–Crippen MR) is 152 cm³/mol. The number of hydrogen-bond acceptors (Lipinski definition) is 5. The summed E-state index contributed by atoms with van der Waals surface area (Å²) in [5.41, 5.74) is 2.57. The van der Waals surface area contributed by atoms with Gasteiger partial charge in [-0.05, 0) is 43.9 Å². The van der Waals surface area contributed by atoms with Crippen molar-refractivity contribution < 1.29 is 4.79 Å². The van der Waals surface area contributed by atoms with Crippen LogP contribution in [0.1, 0.15) is 37.1 Å². The molecule has 2 bridgehead atoms. The molecule has 3 aromatic rings. The van der Waals surface area contributed by atoms with Gasteiger partial charge in [-0.15, -0.1) is 0 Å². The topological polar surface area (TPSA) is 81.3 Å². The van der Waals surface area contributed by atoms with Crippen molar-refractivity contribution in [2.75, 3.05) is 18.4 Å². The van der Waals surface area contributed by atoms with Crippen LogP contribution in [0.4, 0.5) is 5.69 Å². The number of carbonyl (C=O) groups is 1. The van der Waals surface area contributed by atoms with Crippen LogP contribution in [-0.4, -0.2) is 47.4 Å². The van der Waals surface area contributed by atoms with E-state index in [4.69, 9.17) is 12.2 Å². The summed E-state index contributed by atoms with van der Waals surface area (Å²) in [4.78, 5) is 41.0. The van der Waals surface area contributed by atoms with Crippen molar-refractivity contribution in [1.82, 2.24) is 18.8 Å². The zero-order valence-electron chi connectivity index (χ0n) is 21.2. The predicted octanol–water partition coefficient (Wildman–Crippen LogP) is 3.50. The molecule has 1 amide bonds. The van der Waals surface area contributed by atoms with Crippen LogP contribution < -0.4 is 16.4 Å². The number of fused-ring (bicyclic) bond motifs is 4. The van der Waals surface area contributed by atoms with Crippen LogP contribution in [0.5, 0.6) is 0 Å². The van der Waals surface area contributed by atoms with Gasteiger partial charge in [0.15, 0.2) is 0 Å². The molecule has 3 atom stereocenters. The molecule has 2 aromatic heterocycles. The fourth-order valence-electron chi connectivity index (χ4n) is 5.48. The number of aromatic nitrogens is 3. The van der Waals surface area contributed by atoms with Crippen LogP contribution in [-0.2, 0) is 18.4 Å². The summed E-state index contributed by atoms with van der Waals surface area (Å²) in [6.07, 6.45) is 1.63. The van der Waals surface area contributed by atoms with E-state index in [0.717, 1.165) is 30.9 Å². The van der Waals surface area contributed by atoms with E-state index in [1.165, 1.54) is 11.8 Å². The SMILES string of the molecule is CC[C@H](SC(=S)N1C[C@H]2C[C@@H](C1)c1cccc(=O)n1C2)C(=O)Nc1c(C)n(C)n(-c2ccccc2)c1=O. The van der Waals surface area contributed by atoms with Crippen molar-refractivity contribution in [3.8, 4) is 5.69 Å². The highest BCUT2D eigenvalue weighted by Crippen LogP contribution is 2.36. The summed E-state index contributed by atoms with van der Waals surface area (Å²) in [5, 5.41) is 2.47. The van der Waals surface area contributed by atoms with Gasteiger partial charge in [-0.25, -0.2) is 4.68 Å². The number of para-hydroxylation sites is 1. The van der Waals surface area contributed by atoms with Crippen molar-refractivity contribution in [2.45, 2.75) is 44.4 Å². The molecule has 2 aliphatic heterocycles. The number of nitrogens with one attached hydrogen (secondary N) is 1. The zero-order chi connectivity index (χ0) is 26.3. The number of thioether (sulfide) groups is 1. The standard InChI is InChI=1S/C27H31N5O3S2/c1-4-22(25(34)28-24-17(2)29(3)32(26(24)35)20-9-6-5-7-10-20)37-27(36)30-14-18-13-19(16-30)21-11-8-12-23(33)31(21)15-18/h5-12,18-19,22H,4,13-16H2,1-3H3,(H,28,34)/t18-,19+,22+/m1/s1. The molecule has 2 aliphatic rings. The number of likely N-dealkylation sites (tertiary alicyclic amines) is 1. The van der Waals surface area contributed by atoms with E-state index in [0.29, 0.717) is 28.9 Å². The highest BCUT2D eigenvalue weighted by Gasteiger charge is 2.36. The van der Waals surface area contributed by atoms with E-state index in [-0.39, 0.29) is 28.6 Å². The molecule has 1 saturated heterocycles. The molecule has 5 rings (SSSR count). The lowest BCUT2D eigenvalue weighted by Crippen LogP contribution is -2.48. The second kappa shape index (κ2) is 10.3. The smallest absolute Gasteiger partial charge is 0.295 e. The summed E-state index contributed by atoms with van der Waals surface area (Å²) >= 11 is 7.20. The molecular weight excluding hydrogens is 506 g/mol. The van der Waals surface area contributed by atoms with Gasteiger partial charge >= 0.3 is 0 Å². The van der Waals surface area contributed by atoms with Crippen molar-refractivity contribution in [3.05, 3.63) is 80.6 Å². The van der Waals surface area contributed by atoms with Gasteiger partial charge in [0.05, 0.1) is 16.6 Å². The van der Waals surface area contributed by atoms with Crippen LogP contribution in [0.2, 0.25) is 0 Å². The first-order chi connectivity index (χ1) is 17.8. The second-order valence-corrected chi connectivity index (χ2v) is 11.6. The summed E-state index contributed by atoms with van der Waals surface area (Å²) in [5.74, 6) is 0.370. The number of hydrogen-bond donors (Lipinski definition) is 1. The van der Waals surface area contributed by atoms with Crippen molar-refractivity contribution in [1.29, 1.82) is 0 Å². The van der Waals surface area contributed by atoms with E-state index in [1.807, 2.05) is 60.9 Å². The minimum atomic E-state index is -0.423. The number of anilines is 1. The summed E-state index contributed by atoms with van der Waals surface area (Å²) in [6.45, 7) is 6.00. The quantitative estimate of drug-likeness (QED) is 0.502. The van der Waals surface area contributed by atoms with E-state index >= 15 is 0 Å². The van der Waals surface area contributed by atoms with Crippen LogP contribution in [0.15, 0.2) is 58.1 Å². The van der Waals surface area contributed by atoms with Crippen LogP contribution in [0, 0.1) is 12.8 Å². The normalized spacial score (nSPS) is 19.3. The average molecular weight is 538 g/mol. The Hall–Kier alpha value is -3.11. The monoisotopic (exact) mass is 537 g/mol. The summed E-state index contributed by atoms with van der Waals surface area (Å²) in [6, 6.07) is 14.8. The Morgan fingerprint density at radius 1 is 1.11 bits per heavy atom. The molecule has 0 saturated carbocycles. The van der Waals surface area contributed by atoms with Gasteiger partial charge < -0.3 is 14.8 Å². The van der Waals surface area contributed by atoms with Crippen molar-refractivity contribution in [3.63, 3.8) is 0 Å². The third-order valence-electron chi connectivity index (χ3n) is 7.45. The number of carbonyl (C=O) groups excluding carboxylic acids is 1. The van der Waals surface area contributed by atoms with Gasteiger partial charge in [0.1, 0.15) is 10.0 Å². The number of thiocarbonyl (C=S) groups is 1. The zero-order valence-corrected chi connectivity index (χ0v) is 22.8. The highest BCUT2D eigenvalue weighted by atomic mass is 32.2. The molecule has 1 aromatic carbocycles. The lowest BCUT2D eigenvalue weighted by Gasteiger charge is -2.43. The molecule has 194 valence electrons. The highest BCUT2D eigenvalue weighted by molar-refractivity contribution is 8.23. The Morgan fingerprint density at radius 3 is 2.59 bits per heavy atom. The summed E-state index contributed by atoms with van der Waals surface area (Å²) < 4.78 is 5.90. The molecular formula is C27H31N5O3S2. The van der Waals surface area contributed by atoms with E-state index < -0.39 is 5.25 Å². The number of rotatable bonds is 5. The Kier molecular flexibility index (Phi) is 7.13. The third kappa shape index (κ3) is 4.80. The van der Waals surface area contributed by atoms with Gasteiger partial charge in [-0.3, -0.25) is 19.1 Å². The minimum absolute atomic E-state index is 0.0582. The fraction of sp³-hybridized carbons (Fsp3) is 0.407. The number of benzene rings is 1. The summed E-state index contributed by atoms with van der Waals surface area (Å²) in [7, 11) is 1.81. The number of amides is 1. The first kappa shape index (κ1) is 25.5. The molecule has 0 spiro atoms. The van der Waals surface area contributed by atoms with Crippen LogP contribution in [0.25, 0.3) is 5.69 Å². The minimum Gasteiger partial charge on any atom is -0.356 e. The Bertz CT molecular complexity index is 1460. The Balaban J connectivity index is 1.29. The molecule has 0 aliphatic carbocycles. The Morgan fingerprint density at radius 2 is 1.86 bits per heavy atom. The fourth-order valence-corrected chi connectivity index (χ4v) is 6.85. The van der Waals surface area contributed by atoms with Crippen LogP contribution in [0.3, 0.4) is 0 Å². The molecule has 1 fully saturated rings. The first-order valence-electron chi connectivity index (χ1n) is 12.6. The molecule has 0 radical (unpaired) electrons. The van der Waals surface area contributed by atoms with Gasteiger partial charge in [0, 0.05) is 44.4 Å². The number of piperidine rings is 1. The van der Waals surface area contributed by atoms with Crippen molar-refractivity contribution in [2.24, 2.45) is 13.0 Å². The van der Waals surface area contributed by atoms with Gasteiger partial charge in [0.2, 0.25) is 5.91 Å². The lowest BCUT2D eigenvalue weighted by molar-refractivity contribution is -0.115. The maximum Gasteiger partial charge on any atom is 0.295 e. The first-order valence-corrected chi connectivity index (χ1v) is 13.9. The van der Waals surface area contributed by atoms with Gasteiger partial charge in [0.25, 0.3) is 11.1 Å². The third-order valence-corrected chi connectivity index (χ3v) is 9.29. The number of pyridine rings is 1. The molecule has 0 unspecified atom stereocenters. The molecule has 37 heavy (non-hydrogen) atoms. The average Bonchev–Trinajstić information content (AvgIpc) is 3.11. The van der Waals surface area contributed by atoms with Crippen molar-refractivity contribution >= 4 is 39.9 Å². The van der Waals surface area contributed by atoms with Gasteiger partial charge in [-0.2, -0.15) is 0 Å². The number of nitrogens with zero attached hydrogens (tertiary/aromatic N) is 4. The van der Waals surface area contributed by atoms with Gasteiger partial charge in [-0.1, -0.05) is 55.2 Å². The van der Waals surface area contributed by atoms with E-state index in [1.54, 1.807) is 22.5 Å². The molecule has 1 N–H and O–H groups in total. The van der Waals surface area contributed by atoms with Crippen LogP contribution >= 0.6 is 24.0 Å². The molecule has 10 heteroatoms.